The summed E-state index contributed by atoms with van der Waals surface area (Å²) in [5.74, 6) is 0. The largest absolute Gasteiger partial charge is 0.0622 e. The zero-order valence-electron chi connectivity index (χ0n) is 23.9. The van der Waals surface area contributed by atoms with Gasteiger partial charge in [0, 0.05) is 0 Å². The molecule has 11 rings (SSSR count). The highest BCUT2D eigenvalue weighted by molar-refractivity contribution is 6.55. The van der Waals surface area contributed by atoms with Crippen LogP contribution in [-0.4, -0.2) is 0 Å². The summed E-state index contributed by atoms with van der Waals surface area (Å²) in [6, 6.07) is 54.0. The second kappa shape index (κ2) is 8.01. The highest BCUT2D eigenvalue weighted by atomic mass is 14.3. The fourth-order valence-electron chi connectivity index (χ4n) is 8.55. The van der Waals surface area contributed by atoms with Crippen LogP contribution in [0.4, 0.5) is 0 Å². The van der Waals surface area contributed by atoms with Crippen molar-refractivity contribution in [1.82, 2.24) is 0 Å². The fourth-order valence-corrected chi connectivity index (χ4v) is 8.55. The van der Waals surface area contributed by atoms with Gasteiger partial charge in [-0.2, -0.15) is 0 Å². The molecule has 0 nitrogen and oxygen atoms in total. The molecule has 0 aliphatic heterocycles. The molecular formula is C44H24. The van der Waals surface area contributed by atoms with E-state index in [9.17, 15) is 0 Å². The number of hydrogen-bond donors (Lipinski definition) is 0. The summed E-state index contributed by atoms with van der Waals surface area (Å²) in [4.78, 5) is 0. The van der Waals surface area contributed by atoms with Crippen LogP contribution in [0, 0.1) is 0 Å². The van der Waals surface area contributed by atoms with E-state index < -0.39 is 0 Å². The molecule has 0 bridgehead atoms. The van der Waals surface area contributed by atoms with Gasteiger partial charge in [0.15, 0.2) is 0 Å². The lowest BCUT2D eigenvalue weighted by atomic mass is 9.74. The van der Waals surface area contributed by atoms with Gasteiger partial charge in [0.2, 0.25) is 0 Å². The van der Waals surface area contributed by atoms with Crippen molar-refractivity contribution in [3.63, 3.8) is 0 Å². The van der Waals surface area contributed by atoms with Crippen molar-refractivity contribution < 1.29 is 0 Å². The van der Waals surface area contributed by atoms with Gasteiger partial charge in [-0.25, -0.2) is 0 Å². The molecule has 11 aromatic rings. The third-order valence-electron chi connectivity index (χ3n) is 10.3. The first-order valence-electron chi connectivity index (χ1n) is 15.5. The van der Waals surface area contributed by atoms with E-state index in [4.69, 9.17) is 0 Å². The van der Waals surface area contributed by atoms with Crippen LogP contribution >= 0.6 is 0 Å². The van der Waals surface area contributed by atoms with Crippen LogP contribution in [0.25, 0.3) is 108 Å². The van der Waals surface area contributed by atoms with Gasteiger partial charge in [0.1, 0.15) is 0 Å². The summed E-state index contributed by atoms with van der Waals surface area (Å²) in [7, 11) is 0. The number of rotatable bonds is 2. The normalized spacial score (nSPS) is 12.5. The summed E-state index contributed by atoms with van der Waals surface area (Å²) in [5, 5.41) is 22.1. The van der Waals surface area contributed by atoms with Crippen LogP contribution in [0.3, 0.4) is 0 Å². The Morgan fingerprint density at radius 1 is 0.182 bits per heavy atom. The second-order valence-electron chi connectivity index (χ2n) is 12.3. The molecule has 11 aromatic carbocycles. The Labute approximate surface area is 253 Å². The first kappa shape index (κ1) is 22.8. The van der Waals surface area contributed by atoms with Crippen molar-refractivity contribution >= 4 is 86.2 Å². The van der Waals surface area contributed by atoms with E-state index >= 15 is 0 Å². The average molecular weight is 553 g/mol. The minimum atomic E-state index is 1.26. The van der Waals surface area contributed by atoms with Crippen LogP contribution in [0.1, 0.15) is 0 Å². The van der Waals surface area contributed by atoms with Gasteiger partial charge in [-0.15, -0.1) is 0 Å². The van der Waals surface area contributed by atoms with Gasteiger partial charge in [0.25, 0.3) is 0 Å². The molecule has 0 fully saturated rings. The minimum Gasteiger partial charge on any atom is -0.0622 e. The molecule has 0 radical (unpaired) electrons. The van der Waals surface area contributed by atoms with E-state index in [-0.39, 0.29) is 0 Å². The lowest BCUT2D eigenvalue weighted by molar-refractivity contribution is 1.64. The van der Waals surface area contributed by atoms with Gasteiger partial charge in [-0.1, -0.05) is 146 Å². The molecule has 0 N–H and O–H groups in total. The van der Waals surface area contributed by atoms with Gasteiger partial charge >= 0.3 is 0 Å². The van der Waals surface area contributed by atoms with Crippen molar-refractivity contribution in [1.29, 1.82) is 0 Å². The first-order valence-corrected chi connectivity index (χ1v) is 15.5. The molecule has 200 valence electrons. The van der Waals surface area contributed by atoms with Crippen LogP contribution in [0.15, 0.2) is 146 Å². The predicted molar refractivity (Wildman–Crippen MR) is 191 cm³/mol. The molecule has 44 heavy (non-hydrogen) atoms. The lowest BCUT2D eigenvalue weighted by Crippen LogP contribution is -2.00. The molecule has 0 saturated heterocycles. The van der Waals surface area contributed by atoms with Crippen molar-refractivity contribution in [2.24, 2.45) is 0 Å². The molecule has 0 amide bonds. The Hall–Kier alpha value is -5.72. The van der Waals surface area contributed by atoms with Crippen LogP contribution in [0.2, 0.25) is 0 Å². The summed E-state index contributed by atoms with van der Waals surface area (Å²) in [6.45, 7) is 0. The maximum atomic E-state index is 2.42. The quantitative estimate of drug-likeness (QED) is 0.187. The number of hydrogen-bond acceptors (Lipinski definition) is 0. The zero-order chi connectivity index (χ0) is 28.5. The molecule has 0 atom stereocenters. The molecule has 0 aliphatic rings. The molecule has 0 heteroatoms. The highest BCUT2D eigenvalue weighted by Crippen LogP contribution is 2.58. The SMILES string of the molecule is c1ccc(-c2c(-c3ccccc3)c3c4c5ccccc5c4c4c5ccccc5c4c3c3ccc4c5ccccc5c4c23)cc1. The zero-order valence-corrected chi connectivity index (χ0v) is 23.9. The molecule has 0 heterocycles. The van der Waals surface area contributed by atoms with Gasteiger partial charge < -0.3 is 0 Å². The van der Waals surface area contributed by atoms with E-state index in [2.05, 4.69) is 146 Å². The Bertz CT molecular complexity index is 2880. The average Bonchev–Trinajstić information content (AvgIpc) is 3.07. The smallest absolute Gasteiger partial charge is 0.0000925 e. The Balaban J connectivity index is 1.54. The maximum absolute atomic E-state index is 2.42. The third-order valence-corrected chi connectivity index (χ3v) is 10.3. The molecule has 0 unspecified atom stereocenters. The van der Waals surface area contributed by atoms with Crippen molar-refractivity contribution in [2.75, 3.05) is 0 Å². The summed E-state index contributed by atoms with van der Waals surface area (Å²) >= 11 is 0. The van der Waals surface area contributed by atoms with Gasteiger partial charge in [-0.05, 0) is 108 Å². The lowest BCUT2D eigenvalue weighted by Gasteiger charge is -2.28. The monoisotopic (exact) mass is 552 g/mol. The van der Waals surface area contributed by atoms with Crippen molar-refractivity contribution in [3.8, 4) is 22.3 Å². The van der Waals surface area contributed by atoms with E-state index in [1.165, 1.54) is 108 Å². The van der Waals surface area contributed by atoms with Crippen LogP contribution in [0.5, 0.6) is 0 Å². The fraction of sp³-hybridized carbons (Fsp3) is 0. The highest BCUT2D eigenvalue weighted by Gasteiger charge is 2.29. The van der Waals surface area contributed by atoms with E-state index in [1.54, 1.807) is 0 Å². The molecular weight excluding hydrogens is 528 g/mol. The standard InChI is InChI=1S/C44H24/c1-3-13-25(14-4-1)35-36(26-15-5-2-6-16-26)44-41-32-22-12-11-21-31(32)39(41)38-29-19-9-10-20-30(29)40(38)43(44)34-24-23-33-27-17-7-8-18-28(27)37(33)42(34)35/h1-24H. The molecule has 0 spiro atoms. The minimum absolute atomic E-state index is 1.26. The molecule has 0 aliphatic carbocycles. The van der Waals surface area contributed by atoms with E-state index in [1.807, 2.05) is 0 Å². The Kier molecular flexibility index (Phi) is 4.15. The Morgan fingerprint density at radius 2 is 0.500 bits per heavy atom. The summed E-state index contributed by atoms with van der Waals surface area (Å²) in [6.07, 6.45) is 0. The van der Waals surface area contributed by atoms with E-state index in [0.29, 0.717) is 0 Å². The molecule has 0 saturated carbocycles. The predicted octanol–water partition coefficient (Wildman–Crippen LogP) is 12.6. The van der Waals surface area contributed by atoms with Gasteiger partial charge in [-0.3, -0.25) is 0 Å². The summed E-state index contributed by atoms with van der Waals surface area (Å²) < 4.78 is 0. The maximum Gasteiger partial charge on any atom is -0.0000925 e. The summed E-state index contributed by atoms with van der Waals surface area (Å²) in [5.41, 5.74) is 5.21. The van der Waals surface area contributed by atoms with E-state index in [0.717, 1.165) is 0 Å². The third kappa shape index (κ3) is 2.58. The first-order chi connectivity index (χ1) is 21.9. The van der Waals surface area contributed by atoms with Gasteiger partial charge in [0.05, 0.1) is 0 Å². The van der Waals surface area contributed by atoms with Crippen LogP contribution in [-0.2, 0) is 0 Å². The molecule has 0 aromatic heterocycles. The van der Waals surface area contributed by atoms with Crippen LogP contribution < -0.4 is 0 Å². The Morgan fingerprint density at radius 3 is 1.00 bits per heavy atom. The number of benzene rings is 8. The topological polar surface area (TPSA) is 0 Å². The van der Waals surface area contributed by atoms with Crippen molar-refractivity contribution in [2.45, 2.75) is 0 Å². The number of fused-ring (bicyclic) bond motifs is 19. The second-order valence-corrected chi connectivity index (χ2v) is 12.3. The van der Waals surface area contributed by atoms with Crippen molar-refractivity contribution in [3.05, 3.63) is 146 Å².